The van der Waals surface area contributed by atoms with Gasteiger partial charge in [0, 0.05) is 0 Å². The smallest absolute Gasteiger partial charge is 0.115 e. The number of aromatic hydroxyl groups is 1. The lowest BCUT2D eigenvalue weighted by molar-refractivity contribution is 0.475. The zero-order chi connectivity index (χ0) is 10.3. The lowest BCUT2D eigenvalue weighted by atomic mass is 10.2. The average Bonchev–Trinajstić information content (AvgIpc) is 2.11. The van der Waals surface area contributed by atoms with Crippen LogP contribution in [0.15, 0.2) is 49.1 Å². The third kappa shape index (κ3) is 6.88. The van der Waals surface area contributed by atoms with E-state index in [2.05, 4.69) is 13.2 Å². The minimum absolute atomic E-state index is 0.329. The van der Waals surface area contributed by atoms with Gasteiger partial charge in [-0.05, 0) is 26.0 Å². The van der Waals surface area contributed by atoms with E-state index in [-0.39, 0.29) is 0 Å². The van der Waals surface area contributed by atoms with Crippen molar-refractivity contribution in [1.29, 1.82) is 0 Å². The van der Waals surface area contributed by atoms with Crippen LogP contribution in [0.3, 0.4) is 0 Å². The van der Waals surface area contributed by atoms with Crippen molar-refractivity contribution < 1.29 is 5.11 Å². The number of allylic oxidation sites excluding steroid dienone is 2. The number of hydrogen-bond acceptors (Lipinski definition) is 1. The Morgan fingerprint density at radius 1 is 1.31 bits per heavy atom. The maximum absolute atomic E-state index is 8.76. The number of benzene rings is 1. The second kappa shape index (κ2) is 6.06. The van der Waals surface area contributed by atoms with E-state index in [1.165, 1.54) is 5.56 Å². The summed E-state index contributed by atoms with van der Waals surface area (Å²) in [7, 11) is 0. The van der Waals surface area contributed by atoms with E-state index in [0.717, 1.165) is 5.57 Å². The molecule has 0 bridgehead atoms. The molecule has 0 heterocycles. The monoisotopic (exact) mass is 176 g/mol. The van der Waals surface area contributed by atoms with Crippen molar-refractivity contribution in [2.75, 3.05) is 0 Å². The van der Waals surface area contributed by atoms with E-state index >= 15 is 0 Å². The summed E-state index contributed by atoms with van der Waals surface area (Å²) in [5.41, 5.74) is 2.19. The average molecular weight is 176 g/mol. The summed E-state index contributed by atoms with van der Waals surface area (Å²) >= 11 is 0. The van der Waals surface area contributed by atoms with Crippen molar-refractivity contribution in [2.24, 2.45) is 0 Å². The van der Waals surface area contributed by atoms with Crippen LogP contribution >= 0.6 is 0 Å². The summed E-state index contributed by atoms with van der Waals surface area (Å²) in [4.78, 5) is 0. The summed E-state index contributed by atoms with van der Waals surface area (Å²) in [6.45, 7) is 10.9. The molecule has 1 aromatic rings. The van der Waals surface area contributed by atoms with Crippen molar-refractivity contribution in [1.82, 2.24) is 0 Å². The van der Waals surface area contributed by atoms with Crippen LogP contribution < -0.4 is 0 Å². The number of phenols is 1. The molecule has 1 N–H and O–H groups in total. The normalized spacial score (nSPS) is 8.15. The molecule has 0 radical (unpaired) electrons. The fourth-order valence-electron chi connectivity index (χ4n) is 0.545. The van der Waals surface area contributed by atoms with Gasteiger partial charge in [0.25, 0.3) is 0 Å². The molecule has 0 aliphatic heterocycles. The van der Waals surface area contributed by atoms with Gasteiger partial charge in [-0.2, -0.15) is 0 Å². The summed E-state index contributed by atoms with van der Waals surface area (Å²) < 4.78 is 0. The van der Waals surface area contributed by atoms with Gasteiger partial charge in [0.15, 0.2) is 0 Å². The Morgan fingerprint density at radius 2 is 1.69 bits per heavy atom. The first-order valence-corrected chi connectivity index (χ1v) is 4.10. The molecule has 0 saturated heterocycles. The molecule has 70 valence electrons. The van der Waals surface area contributed by atoms with Gasteiger partial charge in [0.05, 0.1) is 0 Å². The Kier molecular flexibility index (Phi) is 5.37. The molecule has 1 aromatic carbocycles. The summed E-state index contributed by atoms with van der Waals surface area (Å²) in [5, 5.41) is 8.76. The van der Waals surface area contributed by atoms with Crippen molar-refractivity contribution >= 4 is 0 Å². The zero-order valence-electron chi connectivity index (χ0n) is 8.25. The molecule has 1 heteroatoms. The van der Waals surface area contributed by atoms with Crippen molar-refractivity contribution in [3.63, 3.8) is 0 Å². The first-order valence-electron chi connectivity index (χ1n) is 4.10. The fourth-order valence-corrected chi connectivity index (χ4v) is 0.545. The molecule has 0 unspecified atom stereocenters. The Hall–Kier alpha value is -1.50. The van der Waals surface area contributed by atoms with Gasteiger partial charge in [-0.3, -0.25) is 0 Å². The highest BCUT2D eigenvalue weighted by molar-refractivity contribution is 5.24. The van der Waals surface area contributed by atoms with Crippen LogP contribution in [0.2, 0.25) is 0 Å². The van der Waals surface area contributed by atoms with Gasteiger partial charge >= 0.3 is 0 Å². The van der Waals surface area contributed by atoms with Crippen LogP contribution in [-0.2, 0) is 0 Å². The molecule has 0 aliphatic rings. The topological polar surface area (TPSA) is 20.2 Å². The number of hydrogen-bond donors (Lipinski definition) is 1. The number of aryl methyl sites for hydroxylation is 1. The van der Waals surface area contributed by atoms with E-state index in [9.17, 15) is 0 Å². The highest BCUT2D eigenvalue weighted by Crippen LogP contribution is 2.07. The van der Waals surface area contributed by atoms with E-state index in [0.29, 0.717) is 5.75 Å². The van der Waals surface area contributed by atoms with Crippen LogP contribution in [-0.4, -0.2) is 5.11 Å². The van der Waals surface area contributed by atoms with Gasteiger partial charge in [0.2, 0.25) is 0 Å². The molecule has 0 atom stereocenters. The van der Waals surface area contributed by atoms with Crippen LogP contribution in [0, 0.1) is 6.92 Å². The van der Waals surface area contributed by atoms with Gasteiger partial charge < -0.3 is 5.11 Å². The van der Waals surface area contributed by atoms with Crippen molar-refractivity contribution in [3.8, 4) is 5.75 Å². The molecule has 0 aromatic heterocycles. The van der Waals surface area contributed by atoms with E-state index in [1.807, 2.05) is 26.0 Å². The van der Waals surface area contributed by atoms with E-state index < -0.39 is 0 Å². The minimum Gasteiger partial charge on any atom is -0.508 e. The van der Waals surface area contributed by atoms with Crippen LogP contribution in [0.25, 0.3) is 0 Å². The molecule has 0 spiro atoms. The molecule has 0 saturated carbocycles. The molecule has 1 rings (SSSR count). The van der Waals surface area contributed by atoms with Crippen LogP contribution in [0.4, 0.5) is 0 Å². The fraction of sp³-hybridized carbons (Fsp3) is 0.167. The van der Waals surface area contributed by atoms with Crippen LogP contribution in [0.5, 0.6) is 5.75 Å². The molecule has 0 fully saturated rings. The molecule has 0 amide bonds. The SMILES string of the molecule is C=CC(=C)C.Cc1ccc(O)cc1. The molecular weight excluding hydrogens is 160 g/mol. The highest BCUT2D eigenvalue weighted by atomic mass is 16.3. The maximum atomic E-state index is 8.76. The predicted octanol–water partition coefficient (Wildman–Crippen LogP) is 3.45. The van der Waals surface area contributed by atoms with Crippen molar-refractivity contribution in [3.05, 3.63) is 54.6 Å². The molecule has 0 aliphatic carbocycles. The third-order valence-electron chi connectivity index (χ3n) is 1.38. The van der Waals surface area contributed by atoms with Gasteiger partial charge in [0.1, 0.15) is 5.75 Å². The number of phenolic OH excluding ortho intramolecular Hbond substituents is 1. The Bertz CT molecular complexity index is 249. The lowest BCUT2D eigenvalue weighted by Crippen LogP contribution is -1.66. The molecule has 1 nitrogen and oxygen atoms in total. The minimum atomic E-state index is 0.329. The summed E-state index contributed by atoms with van der Waals surface area (Å²) in [6.07, 6.45) is 1.72. The quantitative estimate of drug-likeness (QED) is 0.650. The van der Waals surface area contributed by atoms with E-state index in [4.69, 9.17) is 5.11 Å². The second-order valence-electron chi connectivity index (χ2n) is 2.89. The lowest BCUT2D eigenvalue weighted by Gasteiger charge is -1.89. The predicted molar refractivity (Wildman–Crippen MR) is 57.9 cm³/mol. The Balaban J connectivity index is 0.000000252. The third-order valence-corrected chi connectivity index (χ3v) is 1.38. The first-order chi connectivity index (χ1) is 6.06. The number of rotatable bonds is 1. The van der Waals surface area contributed by atoms with Gasteiger partial charge in [-0.15, -0.1) is 0 Å². The maximum Gasteiger partial charge on any atom is 0.115 e. The van der Waals surface area contributed by atoms with Crippen LogP contribution in [0.1, 0.15) is 12.5 Å². The molecular formula is C12H16O. The zero-order valence-corrected chi connectivity index (χ0v) is 8.25. The standard InChI is InChI=1S/C7H8O.C5H8/c1-6-2-4-7(8)5-3-6;1-4-5(2)3/h2-5,8H,1H3;4H,1-2H2,3H3. The van der Waals surface area contributed by atoms with Gasteiger partial charge in [-0.25, -0.2) is 0 Å². The Labute approximate surface area is 80.0 Å². The first kappa shape index (κ1) is 11.5. The Morgan fingerprint density at radius 3 is 1.92 bits per heavy atom. The second-order valence-corrected chi connectivity index (χ2v) is 2.89. The molecule has 13 heavy (non-hydrogen) atoms. The van der Waals surface area contributed by atoms with E-state index in [1.54, 1.807) is 18.2 Å². The largest absolute Gasteiger partial charge is 0.508 e. The summed E-state index contributed by atoms with van der Waals surface area (Å²) in [6, 6.07) is 7.09. The van der Waals surface area contributed by atoms with Crippen molar-refractivity contribution in [2.45, 2.75) is 13.8 Å². The highest BCUT2D eigenvalue weighted by Gasteiger charge is 1.82. The summed E-state index contributed by atoms with van der Waals surface area (Å²) in [5.74, 6) is 0.329. The van der Waals surface area contributed by atoms with Gasteiger partial charge in [-0.1, -0.05) is 42.5 Å².